The number of rotatable bonds is 6. The summed E-state index contributed by atoms with van der Waals surface area (Å²) in [7, 11) is 1.82. The van der Waals surface area contributed by atoms with E-state index >= 15 is 0 Å². The molecule has 1 aliphatic heterocycles. The Balaban J connectivity index is 1.54. The van der Waals surface area contributed by atoms with Crippen LogP contribution in [0.25, 0.3) is 0 Å². The molecule has 0 spiro atoms. The van der Waals surface area contributed by atoms with Crippen LogP contribution in [0.3, 0.4) is 0 Å². The molecule has 1 saturated carbocycles. The van der Waals surface area contributed by atoms with E-state index in [0.717, 1.165) is 30.7 Å². The van der Waals surface area contributed by atoms with Crippen molar-refractivity contribution in [3.05, 3.63) is 43.0 Å². The first-order valence-electron chi connectivity index (χ1n) is 11.8. The first-order chi connectivity index (χ1) is 14.3. The van der Waals surface area contributed by atoms with Gasteiger partial charge in [-0.05, 0) is 54.6 Å². The molecule has 2 fully saturated rings. The Bertz CT molecular complexity index is 682. The summed E-state index contributed by atoms with van der Waals surface area (Å²) in [6, 6.07) is 0. The maximum absolute atomic E-state index is 12.7. The molecule has 7 atom stereocenters. The lowest BCUT2D eigenvalue weighted by Gasteiger charge is -2.41. The van der Waals surface area contributed by atoms with Gasteiger partial charge in [-0.15, -0.1) is 0 Å². The number of amides is 1. The molecule has 1 N–H and O–H groups in total. The molecule has 3 aliphatic rings. The van der Waals surface area contributed by atoms with Crippen molar-refractivity contribution in [2.24, 2.45) is 29.6 Å². The van der Waals surface area contributed by atoms with Crippen LogP contribution in [-0.2, 0) is 9.53 Å². The summed E-state index contributed by atoms with van der Waals surface area (Å²) in [6.45, 7) is 13.1. The highest BCUT2D eigenvalue weighted by Crippen LogP contribution is 2.44. The van der Waals surface area contributed by atoms with E-state index < -0.39 is 6.10 Å². The zero-order chi connectivity index (χ0) is 21.8. The third-order valence-electron chi connectivity index (χ3n) is 7.82. The number of carbonyl (C=O) groups is 1. The Kier molecular flexibility index (Phi) is 7.86. The monoisotopic (exact) mass is 414 g/mol. The molecule has 4 heteroatoms. The normalized spacial score (nSPS) is 33.8. The van der Waals surface area contributed by atoms with Crippen LogP contribution in [-0.4, -0.2) is 41.8 Å². The van der Waals surface area contributed by atoms with Gasteiger partial charge in [0.2, 0.25) is 5.91 Å². The molecule has 0 bridgehead atoms. The summed E-state index contributed by atoms with van der Waals surface area (Å²) in [4.78, 5) is 14.4. The molecule has 1 heterocycles. The number of allylic oxidation sites excluding steroid dienone is 4. The summed E-state index contributed by atoms with van der Waals surface area (Å²) >= 11 is 0. The number of ether oxygens (including phenoxy) is 1. The van der Waals surface area contributed by atoms with E-state index in [2.05, 4.69) is 33.4 Å². The van der Waals surface area contributed by atoms with E-state index in [1.54, 1.807) is 4.90 Å². The van der Waals surface area contributed by atoms with Crippen LogP contribution in [0.15, 0.2) is 36.1 Å². The molecule has 3 rings (SSSR count). The second-order valence-electron chi connectivity index (χ2n) is 9.76. The smallest absolute Gasteiger partial charge is 0.226 e. The molecule has 0 aromatic rings. The number of fused-ring (bicyclic) bond motifs is 1. The van der Waals surface area contributed by atoms with E-state index in [-0.39, 0.29) is 23.8 Å². The van der Waals surface area contributed by atoms with E-state index in [9.17, 15) is 9.90 Å². The quantitative estimate of drug-likeness (QED) is 0.628. The van der Waals surface area contributed by atoms with Gasteiger partial charge in [0.1, 0.15) is 0 Å². The van der Waals surface area contributed by atoms with Crippen molar-refractivity contribution in [1.29, 1.82) is 0 Å². The topological polar surface area (TPSA) is 49.8 Å². The first kappa shape index (κ1) is 23.1. The van der Waals surface area contributed by atoms with Crippen LogP contribution < -0.4 is 0 Å². The Labute approximate surface area is 183 Å². The third kappa shape index (κ3) is 5.39. The summed E-state index contributed by atoms with van der Waals surface area (Å²) in [5.41, 5.74) is 1.97. The van der Waals surface area contributed by atoms with E-state index in [4.69, 9.17) is 4.74 Å². The van der Waals surface area contributed by atoms with E-state index in [0.29, 0.717) is 30.6 Å². The van der Waals surface area contributed by atoms with Crippen molar-refractivity contribution >= 4 is 5.91 Å². The number of nitrogens with zero attached hydrogens (tertiary/aromatic N) is 1. The van der Waals surface area contributed by atoms with Crippen molar-refractivity contribution < 1.29 is 14.6 Å². The van der Waals surface area contributed by atoms with Crippen molar-refractivity contribution in [2.45, 2.75) is 71.0 Å². The van der Waals surface area contributed by atoms with Crippen LogP contribution in [0.5, 0.6) is 0 Å². The average Bonchev–Trinajstić information content (AvgIpc) is 2.94. The summed E-state index contributed by atoms with van der Waals surface area (Å²) < 4.78 is 5.97. The Morgan fingerprint density at radius 3 is 2.83 bits per heavy atom. The van der Waals surface area contributed by atoms with Gasteiger partial charge in [-0.2, -0.15) is 0 Å². The highest BCUT2D eigenvalue weighted by atomic mass is 16.5. The van der Waals surface area contributed by atoms with Crippen molar-refractivity contribution in [1.82, 2.24) is 4.90 Å². The second kappa shape index (κ2) is 10.2. The zero-order valence-electron chi connectivity index (χ0n) is 19.1. The fraction of sp³-hybridized carbons (Fsp3) is 0.692. The second-order valence-corrected chi connectivity index (χ2v) is 9.76. The van der Waals surface area contributed by atoms with Gasteiger partial charge in [-0.1, -0.05) is 45.4 Å². The molecule has 0 aromatic heterocycles. The lowest BCUT2D eigenvalue weighted by molar-refractivity contribution is -0.129. The summed E-state index contributed by atoms with van der Waals surface area (Å²) in [5, 5.41) is 10.9. The predicted octanol–water partition coefficient (Wildman–Crippen LogP) is 4.91. The van der Waals surface area contributed by atoms with Gasteiger partial charge in [0.15, 0.2) is 6.10 Å². The predicted molar refractivity (Wildman–Crippen MR) is 121 cm³/mol. The minimum atomic E-state index is -0.459. The van der Waals surface area contributed by atoms with Crippen molar-refractivity contribution in [3.63, 3.8) is 0 Å². The Morgan fingerprint density at radius 1 is 1.33 bits per heavy atom. The molecular formula is C26H40NO3+. The lowest BCUT2D eigenvalue weighted by atomic mass is 9.65. The Hall–Kier alpha value is -1.52. The standard InChI is InChI=1S/C26H40NO3/c1-17-9-12-22(15-18(17)2)27(5)26(29)14-13-25(28)20(4)23-8-6-7-21-11-10-19(3)30-16-24(21)23/h9,12,15,18-21,23-25,28H,1,3,6-8,10-11,13-14,16H2,2,4-5H3/q+1. The number of hydrogen-bond acceptors (Lipinski definition) is 3. The first-order valence-corrected chi connectivity index (χ1v) is 11.8. The van der Waals surface area contributed by atoms with Gasteiger partial charge in [-0.3, -0.25) is 4.79 Å². The fourth-order valence-corrected chi connectivity index (χ4v) is 5.51. The minimum absolute atomic E-state index is 0.0519. The number of likely N-dealkylation sites (N-methyl/N-ethyl adjacent to an activating group) is 1. The maximum atomic E-state index is 12.7. The molecule has 1 saturated heterocycles. The van der Waals surface area contributed by atoms with Crippen LogP contribution in [0.1, 0.15) is 58.8 Å². The Morgan fingerprint density at radius 2 is 2.10 bits per heavy atom. The highest BCUT2D eigenvalue weighted by molar-refractivity contribution is 5.78. The summed E-state index contributed by atoms with van der Waals surface area (Å²) in [6.07, 6.45) is 12.4. The third-order valence-corrected chi connectivity index (χ3v) is 7.82. The molecule has 4 nitrogen and oxygen atoms in total. The molecule has 166 valence electrons. The summed E-state index contributed by atoms with van der Waals surface area (Å²) in [5.74, 6) is 2.15. The highest BCUT2D eigenvalue weighted by Gasteiger charge is 2.40. The van der Waals surface area contributed by atoms with Gasteiger partial charge in [-0.25, -0.2) is 0 Å². The van der Waals surface area contributed by atoms with Gasteiger partial charge >= 0.3 is 0 Å². The van der Waals surface area contributed by atoms with Gasteiger partial charge in [0.25, 0.3) is 0 Å². The maximum Gasteiger partial charge on any atom is 0.226 e. The van der Waals surface area contributed by atoms with Crippen molar-refractivity contribution in [2.75, 3.05) is 13.7 Å². The van der Waals surface area contributed by atoms with Crippen LogP contribution in [0.4, 0.5) is 0 Å². The largest absolute Gasteiger partial charge is 0.393 e. The average molecular weight is 415 g/mol. The van der Waals surface area contributed by atoms with Gasteiger partial charge in [0, 0.05) is 31.5 Å². The van der Waals surface area contributed by atoms with E-state index in [1.165, 1.54) is 19.3 Å². The lowest BCUT2D eigenvalue weighted by Crippen LogP contribution is -2.39. The minimum Gasteiger partial charge on any atom is -0.393 e. The number of aliphatic hydroxyl groups is 1. The van der Waals surface area contributed by atoms with Gasteiger partial charge in [0.05, 0.1) is 19.6 Å². The molecule has 7 unspecified atom stereocenters. The van der Waals surface area contributed by atoms with E-state index in [1.807, 2.05) is 19.2 Å². The molecule has 2 aliphatic carbocycles. The SMILES string of the molecule is C=C1C=CC(N(C)C(=O)CCC(O)C(C)C2CCCC3CCC([CH2+])OCC32)=CC1C. The molecular weight excluding hydrogens is 374 g/mol. The fourth-order valence-electron chi connectivity index (χ4n) is 5.51. The number of hydrogen-bond donors (Lipinski definition) is 1. The molecule has 0 radical (unpaired) electrons. The van der Waals surface area contributed by atoms with Crippen LogP contribution in [0.2, 0.25) is 0 Å². The van der Waals surface area contributed by atoms with Crippen molar-refractivity contribution in [3.8, 4) is 0 Å². The molecule has 1 amide bonds. The zero-order valence-corrected chi connectivity index (χ0v) is 19.1. The van der Waals surface area contributed by atoms with Crippen LogP contribution >= 0.6 is 0 Å². The van der Waals surface area contributed by atoms with Gasteiger partial charge < -0.3 is 14.7 Å². The molecule has 30 heavy (non-hydrogen) atoms. The van der Waals surface area contributed by atoms with Crippen LogP contribution in [0, 0.1) is 36.5 Å². The number of aliphatic hydroxyl groups excluding tert-OH is 1. The molecule has 0 aromatic carbocycles. The number of carbonyl (C=O) groups excluding carboxylic acids is 1.